The molecular formula is C13H14N6O. The van der Waals surface area contributed by atoms with Crippen LogP contribution >= 0.6 is 0 Å². The van der Waals surface area contributed by atoms with E-state index in [4.69, 9.17) is 5.26 Å². The molecule has 0 unspecified atom stereocenters. The average Bonchev–Trinajstić information content (AvgIpc) is 3.03. The smallest absolute Gasteiger partial charge is 0.272 e. The maximum atomic E-state index is 12.2. The van der Waals surface area contributed by atoms with Gasteiger partial charge >= 0.3 is 0 Å². The molecule has 0 saturated heterocycles. The van der Waals surface area contributed by atoms with Crippen LogP contribution in [0.5, 0.6) is 0 Å². The van der Waals surface area contributed by atoms with Crippen molar-refractivity contribution in [3.8, 4) is 6.07 Å². The molecule has 2 aromatic heterocycles. The lowest BCUT2D eigenvalue weighted by molar-refractivity contribution is 0.101. The zero-order valence-corrected chi connectivity index (χ0v) is 11.1. The van der Waals surface area contributed by atoms with E-state index in [0.29, 0.717) is 16.9 Å². The molecule has 0 bridgehead atoms. The van der Waals surface area contributed by atoms with Crippen LogP contribution in [0.4, 0.5) is 11.5 Å². The zero-order chi connectivity index (χ0) is 14.1. The van der Waals surface area contributed by atoms with E-state index in [-0.39, 0.29) is 5.91 Å². The van der Waals surface area contributed by atoms with Gasteiger partial charge in [-0.05, 0) is 12.5 Å². The number of amides is 1. The number of hydrogen-bond donors (Lipinski definition) is 2. The van der Waals surface area contributed by atoms with Gasteiger partial charge in [-0.1, -0.05) is 0 Å². The Balaban J connectivity index is 1.84. The van der Waals surface area contributed by atoms with Crippen LogP contribution in [-0.2, 0) is 13.6 Å². The first-order chi connectivity index (χ1) is 9.69. The normalized spacial score (nSPS) is 13.2. The SMILES string of the molecule is Cn1cc(C#N)cc1C(=O)Nc1cnn2c1NCCC2. The van der Waals surface area contributed by atoms with Gasteiger partial charge in [-0.25, -0.2) is 4.68 Å². The van der Waals surface area contributed by atoms with Gasteiger partial charge in [0.25, 0.3) is 5.91 Å². The maximum Gasteiger partial charge on any atom is 0.272 e. The van der Waals surface area contributed by atoms with Crippen molar-refractivity contribution >= 4 is 17.4 Å². The third kappa shape index (κ3) is 2.01. The molecule has 0 radical (unpaired) electrons. The predicted molar refractivity (Wildman–Crippen MR) is 73.4 cm³/mol. The van der Waals surface area contributed by atoms with Crippen LogP contribution in [0.25, 0.3) is 0 Å². The lowest BCUT2D eigenvalue weighted by atomic mass is 10.3. The zero-order valence-electron chi connectivity index (χ0n) is 11.1. The van der Waals surface area contributed by atoms with Crippen molar-refractivity contribution in [2.45, 2.75) is 13.0 Å². The van der Waals surface area contributed by atoms with Gasteiger partial charge in [0, 0.05) is 26.3 Å². The number of aromatic nitrogens is 3. The van der Waals surface area contributed by atoms with Crippen molar-refractivity contribution in [1.82, 2.24) is 14.3 Å². The van der Waals surface area contributed by atoms with Crippen molar-refractivity contribution in [2.75, 3.05) is 17.2 Å². The van der Waals surface area contributed by atoms with Gasteiger partial charge in [-0.15, -0.1) is 0 Å². The Hall–Kier alpha value is -2.75. The van der Waals surface area contributed by atoms with E-state index >= 15 is 0 Å². The highest BCUT2D eigenvalue weighted by atomic mass is 16.2. The third-order valence-corrected chi connectivity index (χ3v) is 3.29. The molecule has 0 atom stereocenters. The largest absolute Gasteiger partial charge is 0.368 e. The molecule has 2 aromatic rings. The Kier molecular flexibility index (Phi) is 2.91. The molecule has 2 N–H and O–H groups in total. The monoisotopic (exact) mass is 270 g/mol. The van der Waals surface area contributed by atoms with Gasteiger partial charge in [0.1, 0.15) is 23.3 Å². The number of anilines is 2. The quantitative estimate of drug-likeness (QED) is 0.857. The first kappa shape index (κ1) is 12.3. The van der Waals surface area contributed by atoms with E-state index in [1.165, 1.54) is 0 Å². The number of carbonyl (C=O) groups excluding carboxylic acids is 1. The van der Waals surface area contributed by atoms with Gasteiger partial charge in [-0.2, -0.15) is 10.4 Å². The topological polar surface area (TPSA) is 87.7 Å². The molecule has 20 heavy (non-hydrogen) atoms. The molecule has 0 aromatic carbocycles. The Labute approximate surface area is 115 Å². The summed E-state index contributed by atoms with van der Waals surface area (Å²) < 4.78 is 3.47. The molecule has 3 heterocycles. The summed E-state index contributed by atoms with van der Waals surface area (Å²) in [5.74, 6) is 0.580. The maximum absolute atomic E-state index is 12.2. The minimum Gasteiger partial charge on any atom is -0.368 e. The van der Waals surface area contributed by atoms with Crippen LogP contribution in [-0.4, -0.2) is 26.8 Å². The van der Waals surface area contributed by atoms with Crippen LogP contribution in [0.1, 0.15) is 22.5 Å². The molecule has 7 heteroatoms. The summed E-state index contributed by atoms with van der Waals surface area (Å²) in [6.45, 7) is 1.72. The van der Waals surface area contributed by atoms with E-state index < -0.39 is 0 Å². The minimum absolute atomic E-state index is 0.253. The standard InChI is InChI=1S/C13H14N6O/c1-18-8-9(6-14)5-11(18)13(20)17-10-7-16-19-4-2-3-15-12(10)19/h5,7-8,15H,2-4H2,1H3,(H,17,20). The first-order valence-corrected chi connectivity index (χ1v) is 6.36. The fourth-order valence-electron chi connectivity index (χ4n) is 2.31. The van der Waals surface area contributed by atoms with Gasteiger partial charge in [0.2, 0.25) is 0 Å². The van der Waals surface area contributed by atoms with Crippen LogP contribution < -0.4 is 10.6 Å². The van der Waals surface area contributed by atoms with E-state index in [1.807, 2.05) is 10.8 Å². The number of hydrogen-bond acceptors (Lipinski definition) is 4. The highest BCUT2D eigenvalue weighted by molar-refractivity contribution is 6.04. The second-order valence-electron chi connectivity index (χ2n) is 4.70. The van der Waals surface area contributed by atoms with E-state index in [9.17, 15) is 4.79 Å². The minimum atomic E-state index is -0.253. The number of aryl methyl sites for hydroxylation is 2. The lowest BCUT2D eigenvalue weighted by Crippen LogP contribution is -2.20. The second-order valence-corrected chi connectivity index (χ2v) is 4.70. The Morgan fingerprint density at radius 3 is 3.20 bits per heavy atom. The van der Waals surface area contributed by atoms with Gasteiger partial charge < -0.3 is 15.2 Å². The van der Waals surface area contributed by atoms with Gasteiger partial charge in [0.15, 0.2) is 0 Å². The average molecular weight is 270 g/mol. The van der Waals surface area contributed by atoms with Gasteiger partial charge in [0.05, 0.1) is 11.8 Å². The second kappa shape index (κ2) is 4.74. The molecule has 1 aliphatic rings. The van der Waals surface area contributed by atoms with Crippen LogP contribution in [0.15, 0.2) is 18.5 Å². The lowest BCUT2D eigenvalue weighted by Gasteiger charge is -2.17. The predicted octanol–water partition coefficient (Wildman–Crippen LogP) is 1.16. The molecule has 0 spiro atoms. The summed E-state index contributed by atoms with van der Waals surface area (Å²) in [6, 6.07) is 3.59. The van der Waals surface area contributed by atoms with Crippen molar-refractivity contribution in [3.63, 3.8) is 0 Å². The summed E-state index contributed by atoms with van der Waals surface area (Å²) in [5, 5.41) is 19.1. The third-order valence-electron chi connectivity index (χ3n) is 3.29. The summed E-state index contributed by atoms with van der Waals surface area (Å²) >= 11 is 0. The van der Waals surface area contributed by atoms with Crippen molar-refractivity contribution in [3.05, 3.63) is 29.7 Å². The number of nitriles is 1. The fraction of sp³-hybridized carbons (Fsp3) is 0.308. The molecular weight excluding hydrogens is 256 g/mol. The van der Waals surface area contributed by atoms with E-state index in [0.717, 1.165) is 25.3 Å². The van der Waals surface area contributed by atoms with E-state index in [2.05, 4.69) is 15.7 Å². The molecule has 1 amide bonds. The van der Waals surface area contributed by atoms with Crippen LogP contribution in [0.3, 0.4) is 0 Å². The molecule has 3 rings (SSSR count). The molecule has 0 aliphatic carbocycles. The van der Waals surface area contributed by atoms with Crippen molar-refractivity contribution in [2.24, 2.45) is 7.05 Å². The molecule has 1 aliphatic heterocycles. The van der Waals surface area contributed by atoms with Crippen molar-refractivity contribution in [1.29, 1.82) is 5.26 Å². The number of rotatable bonds is 2. The highest BCUT2D eigenvalue weighted by Gasteiger charge is 2.18. The van der Waals surface area contributed by atoms with E-state index in [1.54, 1.807) is 30.1 Å². The molecule has 0 saturated carbocycles. The molecule has 0 fully saturated rings. The van der Waals surface area contributed by atoms with Crippen molar-refractivity contribution < 1.29 is 4.79 Å². The number of nitrogens with zero attached hydrogens (tertiary/aromatic N) is 4. The van der Waals surface area contributed by atoms with Gasteiger partial charge in [-0.3, -0.25) is 4.79 Å². The Morgan fingerprint density at radius 2 is 2.45 bits per heavy atom. The first-order valence-electron chi connectivity index (χ1n) is 6.36. The summed E-state index contributed by atoms with van der Waals surface area (Å²) in [4.78, 5) is 12.2. The van der Waals surface area contributed by atoms with Crippen LogP contribution in [0, 0.1) is 11.3 Å². The summed E-state index contributed by atoms with van der Waals surface area (Å²) in [5.41, 5.74) is 1.57. The Bertz CT molecular complexity index is 705. The number of carbonyl (C=O) groups is 1. The van der Waals surface area contributed by atoms with Crippen LogP contribution in [0.2, 0.25) is 0 Å². The summed E-state index contributed by atoms with van der Waals surface area (Å²) in [7, 11) is 1.74. The number of nitrogens with one attached hydrogen (secondary N) is 2. The number of fused-ring (bicyclic) bond motifs is 1. The molecule has 7 nitrogen and oxygen atoms in total. The Morgan fingerprint density at radius 1 is 1.60 bits per heavy atom. The highest BCUT2D eigenvalue weighted by Crippen LogP contribution is 2.24. The molecule has 102 valence electrons. The fourth-order valence-corrected chi connectivity index (χ4v) is 2.31. The summed E-state index contributed by atoms with van der Waals surface area (Å²) in [6.07, 6.45) is 4.28.